The van der Waals surface area contributed by atoms with Gasteiger partial charge in [-0.1, -0.05) is 13.8 Å². The molecular formula is C19H24N2O4. The summed E-state index contributed by atoms with van der Waals surface area (Å²) in [5, 5.41) is 5.57. The first kappa shape index (κ1) is 18.6. The number of nitrogens with one attached hydrogen (secondary N) is 2. The standard InChI is InChI=1S/C19H24N2O4/c1-4-24-15-9-7-14(8-10-15)18(22)21-17(13(2)3)19(23)20-12-16-6-5-11-25-16/h5-11,13,17H,4,12H2,1-3H3,(H,20,23)(H,21,22)/t17-/m0/s1. The molecule has 1 aromatic carbocycles. The molecule has 0 bridgehead atoms. The van der Waals surface area contributed by atoms with Crippen molar-refractivity contribution in [2.24, 2.45) is 5.92 Å². The molecule has 6 heteroatoms. The summed E-state index contributed by atoms with van der Waals surface area (Å²) < 4.78 is 10.6. The summed E-state index contributed by atoms with van der Waals surface area (Å²) in [6.07, 6.45) is 1.55. The van der Waals surface area contributed by atoms with Crippen LogP contribution in [0.3, 0.4) is 0 Å². The van der Waals surface area contributed by atoms with Crippen molar-refractivity contribution in [2.75, 3.05) is 6.61 Å². The number of carbonyl (C=O) groups excluding carboxylic acids is 2. The lowest BCUT2D eigenvalue weighted by molar-refractivity contribution is -0.124. The van der Waals surface area contributed by atoms with Crippen molar-refractivity contribution < 1.29 is 18.7 Å². The van der Waals surface area contributed by atoms with Gasteiger partial charge in [-0.3, -0.25) is 9.59 Å². The lowest BCUT2D eigenvalue weighted by Gasteiger charge is -2.21. The first-order chi connectivity index (χ1) is 12.0. The molecule has 0 saturated heterocycles. The van der Waals surface area contributed by atoms with Crippen LogP contribution < -0.4 is 15.4 Å². The van der Waals surface area contributed by atoms with Crippen molar-refractivity contribution in [3.05, 3.63) is 54.0 Å². The second-order valence-corrected chi connectivity index (χ2v) is 5.95. The minimum absolute atomic E-state index is 0.0525. The van der Waals surface area contributed by atoms with Crippen molar-refractivity contribution in [3.8, 4) is 5.75 Å². The minimum atomic E-state index is -0.631. The van der Waals surface area contributed by atoms with E-state index in [1.54, 1.807) is 42.7 Å². The molecule has 1 aromatic heterocycles. The van der Waals surface area contributed by atoms with Crippen LogP contribution in [0.2, 0.25) is 0 Å². The van der Waals surface area contributed by atoms with Crippen LogP contribution in [0.5, 0.6) is 5.75 Å². The fraction of sp³-hybridized carbons (Fsp3) is 0.368. The van der Waals surface area contributed by atoms with Gasteiger partial charge >= 0.3 is 0 Å². The highest BCUT2D eigenvalue weighted by atomic mass is 16.5. The summed E-state index contributed by atoms with van der Waals surface area (Å²) in [6.45, 7) is 6.52. The number of hydrogen-bond donors (Lipinski definition) is 2. The van der Waals surface area contributed by atoms with E-state index in [2.05, 4.69) is 10.6 Å². The predicted molar refractivity (Wildman–Crippen MR) is 94.3 cm³/mol. The molecule has 0 radical (unpaired) electrons. The van der Waals surface area contributed by atoms with E-state index in [0.29, 0.717) is 23.7 Å². The van der Waals surface area contributed by atoms with E-state index in [9.17, 15) is 9.59 Å². The van der Waals surface area contributed by atoms with Crippen molar-refractivity contribution in [3.63, 3.8) is 0 Å². The van der Waals surface area contributed by atoms with Gasteiger partial charge in [0.1, 0.15) is 17.6 Å². The Bertz CT molecular complexity index is 678. The molecule has 0 aliphatic heterocycles. The Kier molecular flexibility index (Phi) is 6.62. The summed E-state index contributed by atoms with van der Waals surface area (Å²) in [5.74, 6) is 0.771. The van der Waals surface area contributed by atoms with Gasteiger partial charge < -0.3 is 19.8 Å². The topological polar surface area (TPSA) is 80.6 Å². The number of amides is 2. The molecule has 0 saturated carbocycles. The second-order valence-electron chi connectivity index (χ2n) is 5.95. The van der Waals surface area contributed by atoms with E-state index in [1.807, 2.05) is 20.8 Å². The second kappa shape index (κ2) is 8.92. The van der Waals surface area contributed by atoms with Crippen molar-refractivity contribution in [1.82, 2.24) is 10.6 Å². The number of rotatable bonds is 8. The van der Waals surface area contributed by atoms with Crippen LogP contribution in [0.1, 0.15) is 36.9 Å². The molecule has 1 atom stereocenters. The normalized spacial score (nSPS) is 11.8. The Balaban J connectivity index is 1.97. The van der Waals surface area contributed by atoms with Gasteiger partial charge in [0.15, 0.2) is 0 Å². The average molecular weight is 344 g/mol. The van der Waals surface area contributed by atoms with Crippen LogP contribution in [-0.2, 0) is 11.3 Å². The lowest BCUT2D eigenvalue weighted by Crippen LogP contribution is -2.49. The van der Waals surface area contributed by atoms with E-state index in [1.165, 1.54) is 0 Å². The number of carbonyl (C=O) groups is 2. The molecule has 6 nitrogen and oxygen atoms in total. The van der Waals surface area contributed by atoms with Crippen LogP contribution in [0.15, 0.2) is 47.1 Å². The van der Waals surface area contributed by atoms with E-state index in [0.717, 1.165) is 0 Å². The molecule has 2 rings (SSSR count). The SMILES string of the molecule is CCOc1ccc(C(=O)N[C@H](C(=O)NCc2ccco2)C(C)C)cc1. The Hall–Kier alpha value is -2.76. The maximum atomic E-state index is 12.4. The summed E-state index contributed by atoms with van der Waals surface area (Å²) >= 11 is 0. The summed E-state index contributed by atoms with van der Waals surface area (Å²) in [5.41, 5.74) is 0.480. The third-order valence-corrected chi connectivity index (χ3v) is 3.68. The van der Waals surface area contributed by atoms with Gasteiger partial charge in [-0.15, -0.1) is 0 Å². The highest BCUT2D eigenvalue weighted by Crippen LogP contribution is 2.13. The molecule has 134 valence electrons. The van der Waals surface area contributed by atoms with Gasteiger partial charge in [-0.25, -0.2) is 0 Å². The van der Waals surface area contributed by atoms with Crippen molar-refractivity contribution in [1.29, 1.82) is 0 Å². The first-order valence-corrected chi connectivity index (χ1v) is 8.35. The molecule has 2 amide bonds. The molecule has 0 spiro atoms. The quantitative estimate of drug-likeness (QED) is 0.772. The van der Waals surface area contributed by atoms with Crippen LogP contribution in [0.4, 0.5) is 0 Å². The van der Waals surface area contributed by atoms with Crippen molar-refractivity contribution >= 4 is 11.8 Å². The molecule has 2 aromatic rings. The van der Waals surface area contributed by atoms with Gasteiger partial charge in [0.2, 0.25) is 5.91 Å². The zero-order valence-corrected chi connectivity index (χ0v) is 14.7. The number of benzene rings is 1. The minimum Gasteiger partial charge on any atom is -0.494 e. The van der Waals surface area contributed by atoms with Crippen molar-refractivity contribution in [2.45, 2.75) is 33.4 Å². The number of hydrogen-bond acceptors (Lipinski definition) is 4. The van der Waals surface area contributed by atoms with Crippen LogP contribution in [0, 0.1) is 5.92 Å². The van der Waals surface area contributed by atoms with Gasteiger partial charge in [-0.05, 0) is 49.2 Å². The Morgan fingerprint density at radius 1 is 1.16 bits per heavy atom. The molecule has 0 fully saturated rings. The molecule has 1 heterocycles. The van der Waals surface area contributed by atoms with Gasteiger partial charge in [0.05, 0.1) is 19.4 Å². The lowest BCUT2D eigenvalue weighted by atomic mass is 10.0. The molecule has 2 N–H and O–H groups in total. The highest BCUT2D eigenvalue weighted by molar-refractivity contribution is 5.97. The molecule has 0 unspecified atom stereocenters. The molecule has 25 heavy (non-hydrogen) atoms. The fourth-order valence-electron chi connectivity index (χ4n) is 2.33. The Morgan fingerprint density at radius 2 is 1.88 bits per heavy atom. The number of ether oxygens (including phenoxy) is 1. The smallest absolute Gasteiger partial charge is 0.251 e. The number of furan rings is 1. The highest BCUT2D eigenvalue weighted by Gasteiger charge is 2.24. The predicted octanol–water partition coefficient (Wildman–Crippen LogP) is 2.75. The maximum absolute atomic E-state index is 12.4. The van der Waals surface area contributed by atoms with Crippen LogP contribution in [-0.4, -0.2) is 24.5 Å². The Labute approximate surface area is 147 Å². The van der Waals surface area contributed by atoms with E-state index < -0.39 is 6.04 Å². The third-order valence-electron chi connectivity index (χ3n) is 3.68. The van der Waals surface area contributed by atoms with Gasteiger partial charge in [-0.2, -0.15) is 0 Å². The van der Waals surface area contributed by atoms with Crippen LogP contribution >= 0.6 is 0 Å². The summed E-state index contributed by atoms with van der Waals surface area (Å²) in [7, 11) is 0. The van der Waals surface area contributed by atoms with Crippen LogP contribution in [0.25, 0.3) is 0 Å². The third kappa shape index (κ3) is 5.38. The van der Waals surface area contributed by atoms with E-state index in [4.69, 9.17) is 9.15 Å². The van der Waals surface area contributed by atoms with E-state index in [-0.39, 0.29) is 24.3 Å². The zero-order valence-electron chi connectivity index (χ0n) is 14.7. The first-order valence-electron chi connectivity index (χ1n) is 8.35. The summed E-state index contributed by atoms with van der Waals surface area (Å²) in [4.78, 5) is 24.8. The zero-order chi connectivity index (χ0) is 18.2. The maximum Gasteiger partial charge on any atom is 0.251 e. The fourth-order valence-corrected chi connectivity index (χ4v) is 2.33. The van der Waals surface area contributed by atoms with Gasteiger partial charge in [0.25, 0.3) is 5.91 Å². The molecule has 0 aliphatic carbocycles. The monoisotopic (exact) mass is 344 g/mol. The molecular weight excluding hydrogens is 320 g/mol. The average Bonchev–Trinajstić information content (AvgIpc) is 3.11. The summed E-state index contributed by atoms with van der Waals surface area (Å²) in [6, 6.07) is 9.74. The largest absolute Gasteiger partial charge is 0.494 e. The molecule has 0 aliphatic rings. The Morgan fingerprint density at radius 3 is 2.44 bits per heavy atom. The van der Waals surface area contributed by atoms with E-state index >= 15 is 0 Å². The van der Waals surface area contributed by atoms with Gasteiger partial charge in [0, 0.05) is 5.56 Å².